The monoisotopic (exact) mass is 293 g/mol. The van der Waals surface area contributed by atoms with Crippen LogP contribution in [-0.2, 0) is 0 Å². The molecule has 1 heterocycles. The van der Waals surface area contributed by atoms with Gasteiger partial charge in [0, 0.05) is 31.3 Å². The molecule has 1 aromatic carbocycles. The highest BCUT2D eigenvalue weighted by atomic mass is 16.6. The lowest BCUT2D eigenvalue weighted by Gasteiger charge is -2.19. The van der Waals surface area contributed by atoms with Crippen LogP contribution in [0.2, 0.25) is 0 Å². The van der Waals surface area contributed by atoms with E-state index in [1.54, 1.807) is 19.1 Å². The standard InChI is InChI=1S/C14H19N3O4/c1-3-15-11-5-4-10(8-12(11)17(20)21)13(18)16-7-6-14(2,19)9-16/h4-5,8,15,19H,3,6-7,9H2,1-2H3. The molecule has 0 bridgehead atoms. The van der Waals surface area contributed by atoms with E-state index in [4.69, 9.17) is 0 Å². The average Bonchev–Trinajstić information content (AvgIpc) is 2.79. The zero-order valence-electron chi connectivity index (χ0n) is 12.1. The van der Waals surface area contributed by atoms with Gasteiger partial charge in [-0.1, -0.05) is 0 Å². The predicted molar refractivity (Wildman–Crippen MR) is 78.4 cm³/mol. The molecule has 0 radical (unpaired) electrons. The highest BCUT2D eigenvalue weighted by molar-refractivity contribution is 5.96. The van der Waals surface area contributed by atoms with Crippen molar-refractivity contribution in [2.75, 3.05) is 25.0 Å². The van der Waals surface area contributed by atoms with Gasteiger partial charge in [0.15, 0.2) is 0 Å². The number of β-amino-alcohol motifs (C(OH)–C–C–N with tert-alkyl or cyclic N) is 1. The largest absolute Gasteiger partial charge is 0.388 e. The van der Waals surface area contributed by atoms with Crippen LogP contribution < -0.4 is 5.32 Å². The molecule has 2 N–H and O–H groups in total. The molecule has 1 aliphatic heterocycles. The van der Waals surface area contributed by atoms with Crippen LogP contribution in [-0.4, -0.2) is 46.1 Å². The minimum absolute atomic E-state index is 0.117. The van der Waals surface area contributed by atoms with Crippen molar-refractivity contribution in [1.29, 1.82) is 0 Å². The molecular formula is C14H19N3O4. The number of carbonyl (C=O) groups excluding carboxylic acids is 1. The maximum atomic E-state index is 12.4. The summed E-state index contributed by atoms with van der Waals surface area (Å²) < 4.78 is 0. The van der Waals surface area contributed by atoms with E-state index in [1.165, 1.54) is 11.0 Å². The Morgan fingerprint density at radius 2 is 2.29 bits per heavy atom. The van der Waals surface area contributed by atoms with Gasteiger partial charge in [-0.2, -0.15) is 0 Å². The molecule has 1 amide bonds. The van der Waals surface area contributed by atoms with Crippen molar-refractivity contribution in [2.45, 2.75) is 25.9 Å². The average molecular weight is 293 g/mol. The fraction of sp³-hybridized carbons (Fsp3) is 0.500. The molecule has 1 atom stereocenters. The number of hydrogen-bond acceptors (Lipinski definition) is 5. The maximum Gasteiger partial charge on any atom is 0.293 e. The van der Waals surface area contributed by atoms with Crippen LogP contribution >= 0.6 is 0 Å². The summed E-state index contributed by atoms with van der Waals surface area (Å²) in [4.78, 5) is 24.5. The molecule has 1 fully saturated rings. The maximum absolute atomic E-state index is 12.4. The van der Waals surface area contributed by atoms with Gasteiger partial charge in [-0.25, -0.2) is 0 Å². The molecule has 1 aliphatic rings. The third-order valence-electron chi connectivity index (χ3n) is 3.55. The minimum atomic E-state index is -0.884. The summed E-state index contributed by atoms with van der Waals surface area (Å²) in [6.45, 7) is 4.78. The number of hydrogen-bond donors (Lipinski definition) is 2. The lowest BCUT2D eigenvalue weighted by Crippen LogP contribution is -2.33. The first kappa shape index (κ1) is 15.2. The molecule has 21 heavy (non-hydrogen) atoms. The molecule has 114 valence electrons. The highest BCUT2D eigenvalue weighted by Crippen LogP contribution is 2.28. The van der Waals surface area contributed by atoms with Crippen molar-refractivity contribution in [1.82, 2.24) is 4.90 Å². The van der Waals surface area contributed by atoms with Crippen LogP contribution in [0.1, 0.15) is 30.6 Å². The van der Waals surface area contributed by atoms with E-state index in [0.717, 1.165) is 0 Å². The Balaban J connectivity index is 2.26. The zero-order valence-corrected chi connectivity index (χ0v) is 12.1. The Bertz CT molecular complexity index is 571. The van der Waals surface area contributed by atoms with Crippen LogP contribution in [0.3, 0.4) is 0 Å². The summed E-state index contributed by atoms with van der Waals surface area (Å²) in [5.41, 5.74) is -0.340. The van der Waals surface area contributed by atoms with Crippen LogP contribution in [0.4, 0.5) is 11.4 Å². The van der Waals surface area contributed by atoms with E-state index >= 15 is 0 Å². The normalized spacial score (nSPS) is 21.4. The Morgan fingerprint density at radius 1 is 1.57 bits per heavy atom. The molecule has 1 unspecified atom stereocenters. The van der Waals surface area contributed by atoms with E-state index in [1.807, 2.05) is 6.92 Å². The zero-order chi connectivity index (χ0) is 15.6. The molecule has 1 aromatic rings. The van der Waals surface area contributed by atoms with Gasteiger partial charge in [-0.15, -0.1) is 0 Å². The van der Waals surface area contributed by atoms with E-state index in [2.05, 4.69) is 5.32 Å². The first-order valence-corrected chi connectivity index (χ1v) is 6.88. The SMILES string of the molecule is CCNc1ccc(C(=O)N2CCC(C)(O)C2)cc1[N+](=O)[O-]. The number of aliphatic hydroxyl groups is 1. The number of nitrogens with zero attached hydrogens (tertiary/aromatic N) is 2. The Labute approximate surface area is 122 Å². The van der Waals surface area contributed by atoms with Gasteiger partial charge in [0.1, 0.15) is 5.69 Å². The second kappa shape index (κ2) is 5.69. The second-order valence-corrected chi connectivity index (χ2v) is 5.49. The Hall–Kier alpha value is -2.15. The Kier molecular flexibility index (Phi) is 4.13. The molecule has 0 saturated carbocycles. The van der Waals surface area contributed by atoms with E-state index in [9.17, 15) is 20.0 Å². The number of rotatable bonds is 4. The van der Waals surface area contributed by atoms with Crippen LogP contribution in [0.5, 0.6) is 0 Å². The molecule has 7 nitrogen and oxygen atoms in total. The summed E-state index contributed by atoms with van der Waals surface area (Å²) in [6, 6.07) is 4.40. The minimum Gasteiger partial charge on any atom is -0.388 e. The lowest BCUT2D eigenvalue weighted by molar-refractivity contribution is -0.384. The summed E-state index contributed by atoms with van der Waals surface area (Å²) in [5.74, 6) is -0.293. The first-order chi connectivity index (χ1) is 9.84. The van der Waals surface area contributed by atoms with Crippen LogP contribution in [0.25, 0.3) is 0 Å². The second-order valence-electron chi connectivity index (χ2n) is 5.49. The topological polar surface area (TPSA) is 95.7 Å². The molecule has 2 rings (SSSR count). The van der Waals surface area contributed by atoms with Gasteiger partial charge in [0.2, 0.25) is 0 Å². The van der Waals surface area contributed by atoms with E-state index in [-0.39, 0.29) is 23.7 Å². The van der Waals surface area contributed by atoms with Gasteiger partial charge in [-0.05, 0) is 32.4 Å². The number of benzene rings is 1. The number of likely N-dealkylation sites (tertiary alicyclic amines) is 1. The molecule has 0 spiro atoms. The predicted octanol–water partition coefficient (Wildman–Crippen LogP) is 1.62. The molecule has 0 aromatic heterocycles. The summed E-state index contributed by atoms with van der Waals surface area (Å²) in [7, 11) is 0. The third-order valence-corrected chi connectivity index (χ3v) is 3.55. The fourth-order valence-electron chi connectivity index (χ4n) is 2.46. The van der Waals surface area contributed by atoms with Gasteiger partial charge in [0.25, 0.3) is 11.6 Å². The number of nitro benzene ring substituents is 1. The molecule has 1 saturated heterocycles. The number of anilines is 1. The fourth-order valence-corrected chi connectivity index (χ4v) is 2.46. The van der Waals surface area contributed by atoms with Crippen molar-refractivity contribution in [3.8, 4) is 0 Å². The van der Waals surface area contributed by atoms with Crippen molar-refractivity contribution in [3.63, 3.8) is 0 Å². The van der Waals surface area contributed by atoms with Gasteiger partial charge in [0.05, 0.1) is 10.5 Å². The van der Waals surface area contributed by atoms with E-state index in [0.29, 0.717) is 25.2 Å². The Morgan fingerprint density at radius 3 is 2.81 bits per heavy atom. The van der Waals surface area contributed by atoms with E-state index < -0.39 is 10.5 Å². The number of carbonyl (C=O) groups is 1. The summed E-state index contributed by atoms with van der Waals surface area (Å²) in [5, 5.41) is 23.9. The number of nitrogens with one attached hydrogen (secondary N) is 1. The van der Waals surface area contributed by atoms with Crippen molar-refractivity contribution >= 4 is 17.3 Å². The smallest absolute Gasteiger partial charge is 0.293 e. The van der Waals surface area contributed by atoms with Gasteiger partial charge < -0.3 is 15.3 Å². The molecule has 0 aliphatic carbocycles. The van der Waals surface area contributed by atoms with Crippen LogP contribution in [0.15, 0.2) is 18.2 Å². The summed E-state index contributed by atoms with van der Waals surface area (Å²) >= 11 is 0. The molecule has 7 heteroatoms. The van der Waals surface area contributed by atoms with Crippen LogP contribution in [0, 0.1) is 10.1 Å². The number of amides is 1. The quantitative estimate of drug-likeness (QED) is 0.649. The first-order valence-electron chi connectivity index (χ1n) is 6.88. The third kappa shape index (κ3) is 3.30. The number of nitro groups is 1. The van der Waals surface area contributed by atoms with Gasteiger partial charge >= 0.3 is 0 Å². The highest BCUT2D eigenvalue weighted by Gasteiger charge is 2.34. The van der Waals surface area contributed by atoms with Crippen molar-refractivity contribution < 1.29 is 14.8 Å². The molecular weight excluding hydrogens is 274 g/mol. The van der Waals surface area contributed by atoms with Crippen molar-refractivity contribution in [3.05, 3.63) is 33.9 Å². The van der Waals surface area contributed by atoms with Gasteiger partial charge in [-0.3, -0.25) is 14.9 Å². The summed E-state index contributed by atoms with van der Waals surface area (Å²) in [6.07, 6.45) is 0.510. The van der Waals surface area contributed by atoms with Crippen molar-refractivity contribution in [2.24, 2.45) is 0 Å². The lowest BCUT2D eigenvalue weighted by atomic mass is 10.1.